The lowest BCUT2D eigenvalue weighted by atomic mass is 10.3. The molecule has 0 aliphatic carbocycles. The van der Waals surface area contributed by atoms with Gasteiger partial charge in [0.05, 0.1) is 6.42 Å². The molecule has 20 heavy (non-hydrogen) atoms. The van der Waals surface area contributed by atoms with E-state index in [4.69, 9.17) is 0 Å². The Morgan fingerprint density at radius 1 is 1.25 bits per heavy atom. The number of guanidine groups is 1. The summed E-state index contributed by atoms with van der Waals surface area (Å²) in [6, 6.07) is 5.61. The topological polar surface area (TPSA) is 49.3 Å². The van der Waals surface area contributed by atoms with E-state index in [1.807, 2.05) is 18.2 Å². The molecule has 0 aliphatic heterocycles. The van der Waals surface area contributed by atoms with Gasteiger partial charge in [0.1, 0.15) is 0 Å². The Morgan fingerprint density at radius 3 is 2.50 bits per heavy atom. The van der Waals surface area contributed by atoms with E-state index < -0.39 is 12.6 Å². The van der Waals surface area contributed by atoms with E-state index >= 15 is 0 Å². The largest absolute Gasteiger partial charge is 0.390 e. The summed E-state index contributed by atoms with van der Waals surface area (Å²) < 4.78 is 35.9. The van der Waals surface area contributed by atoms with Crippen molar-refractivity contribution in [2.24, 2.45) is 4.99 Å². The fourth-order valence-electron chi connectivity index (χ4n) is 1.40. The average Bonchev–Trinajstić information content (AvgIpc) is 2.37. The highest BCUT2D eigenvalue weighted by atomic mass is 127. The van der Waals surface area contributed by atoms with Gasteiger partial charge in [-0.15, -0.1) is 24.0 Å². The zero-order chi connectivity index (χ0) is 14.1. The fourth-order valence-corrected chi connectivity index (χ4v) is 1.40. The van der Waals surface area contributed by atoms with Crippen LogP contribution in [0.2, 0.25) is 0 Å². The Kier molecular flexibility index (Phi) is 9.26. The number of hydrogen-bond donors (Lipinski definition) is 2. The number of nitrogens with one attached hydrogen (secondary N) is 2. The van der Waals surface area contributed by atoms with Crippen molar-refractivity contribution in [1.29, 1.82) is 0 Å². The van der Waals surface area contributed by atoms with Gasteiger partial charge >= 0.3 is 6.18 Å². The molecule has 0 spiro atoms. The van der Waals surface area contributed by atoms with Crippen LogP contribution >= 0.6 is 24.0 Å². The Hall–Kier alpha value is -1.06. The number of aromatic nitrogens is 1. The second-order valence-corrected chi connectivity index (χ2v) is 3.86. The molecule has 0 aromatic carbocycles. The summed E-state index contributed by atoms with van der Waals surface area (Å²) >= 11 is 0. The Balaban J connectivity index is 0.00000361. The van der Waals surface area contributed by atoms with E-state index in [0.29, 0.717) is 18.9 Å². The molecule has 8 heteroatoms. The van der Waals surface area contributed by atoms with Gasteiger partial charge in [0, 0.05) is 38.4 Å². The fraction of sp³-hybridized carbons (Fsp3) is 0.500. The van der Waals surface area contributed by atoms with E-state index in [9.17, 15) is 13.2 Å². The monoisotopic (exact) mass is 402 g/mol. The van der Waals surface area contributed by atoms with Crippen LogP contribution in [0.15, 0.2) is 29.4 Å². The Labute approximate surface area is 133 Å². The molecule has 1 heterocycles. The number of rotatable bonds is 5. The smallest absolute Gasteiger partial charge is 0.356 e. The van der Waals surface area contributed by atoms with Gasteiger partial charge in [-0.1, -0.05) is 6.07 Å². The zero-order valence-corrected chi connectivity index (χ0v) is 13.4. The third-order valence-electron chi connectivity index (χ3n) is 2.32. The minimum Gasteiger partial charge on any atom is -0.356 e. The third kappa shape index (κ3) is 8.94. The zero-order valence-electron chi connectivity index (χ0n) is 11.1. The van der Waals surface area contributed by atoms with Crippen LogP contribution < -0.4 is 10.6 Å². The molecule has 1 aromatic heterocycles. The minimum atomic E-state index is -4.15. The lowest BCUT2D eigenvalue weighted by Gasteiger charge is -2.12. The van der Waals surface area contributed by atoms with E-state index in [1.54, 1.807) is 6.20 Å². The van der Waals surface area contributed by atoms with E-state index in [-0.39, 0.29) is 30.5 Å². The highest BCUT2D eigenvalue weighted by molar-refractivity contribution is 14.0. The van der Waals surface area contributed by atoms with Crippen molar-refractivity contribution in [2.75, 3.05) is 20.1 Å². The lowest BCUT2D eigenvalue weighted by Crippen LogP contribution is -2.39. The molecule has 0 radical (unpaired) electrons. The maximum Gasteiger partial charge on any atom is 0.390 e. The molecule has 0 saturated carbocycles. The average molecular weight is 402 g/mol. The van der Waals surface area contributed by atoms with E-state index in [2.05, 4.69) is 20.6 Å². The van der Waals surface area contributed by atoms with E-state index in [0.717, 1.165) is 5.69 Å². The number of pyridine rings is 1. The predicted octanol–water partition coefficient (Wildman–Crippen LogP) is 2.36. The van der Waals surface area contributed by atoms with Gasteiger partial charge in [-0.25, -0.2) is 0 Å². The minimum absolute atomic E-state index is 0. The Morgan fingerprint density at radius 2 is 1.95 bits per heavy atom. The standard InChI is InChI=1S/C12H17F3N4.HI/c1-16-11(19-9-6-12(13,14)15)18-8-5-10-4-2-3-7-17-10;/h2-4,7H,5-6,8-9H2,1H3,(H2,16,18,19);1H. The van der Waals surface area contributed by atoms with Crippen LogP contribution in [-0.4, -0.2) is 37.3 Å². The van der Waals surface area contributed by atoms with Crippen molar-refractivity contribution in [1.82, 2.24) is 15.6 Å². The molecule has 0 saturated heterocycles. The van der Waals surface area contributed by atoms with Crippen molar-refractivity contribution >= 4 is 29.9 Å². The van der Waals surface area contributed by atoms with Gasteiger partial charge in [-0.3, -0.25) is 9.98 Å². The highest BCUT2D eigenvalue weighted by Gasteiger charge is 2.26. The van der Waals surface area contributed by atoms with Crippen LogP contribution in [0.5, 0.6) is 0 Å². The van der Waals surface area contributed by atoms with Crippen LogP contribution in [0.1, 0.15) is 12.1 Å². The molecular weight excluding hydrogens is 384 g/mol. The number of halogens is 4. The first-order valence-corrected chi connectivity index (χ1v) is 5.92. The molecule has 0 atom stereocenters. The lowest BCUT2D eigenvalue weighted by molar-refractivity contribution is -0.132. The van der Waals surface area contributed by atoms with Crippen molar-refractivity contribution in [2.45, 2.75) is 19.0 Å². The second kappa shape index (κ2) is 9.78. The van der Waals surface area contributed by atoms with Crippen LogP contribution in [0.3, 0.4) is 0 Å². The van der Waals surface area contributed by atoms with Crippen molar-refractivity contribution in [3.8, 4) is 0 Å². The Bertz CT molecular complexity index is 395. The van der Waals surface area contributed by atoms with Gasteiger partial charge in [-0.05, 0) is 12.1 Å². The summed E-state index contributed by atoms with van der Waals surface area (Å²) in [5.41, 5.74) is 0.917. The molecule has 1 rings (SSSR count). The third-order valence-corrected chi connectivity index (χ3v) is 2.32. The van der Waals surface area contributed by atoms with Crippen LogP contribution in [0.4, 0.5) is 13.2 Å². The van der Waals surface area contributed by atoms with Crippen LogP contribution in [0.25, 0.3) is 0 Å². The molecule has 0 aliphatic rings. The maximum absolute atomic E-state index is 12.0. The predicted molar refractivity (Wildman–Crippen MR) is 83.4 cm³/mol. The van der Waals surface area contributed by atoms with Crippen molar-refractivity contribution in [3.05, 3.63) is 30.1 Å². The van der Waals surface area contributed by atoms with Gasteiger partial charge in [-0.2, -0.15) is 13.2 Å². The molecular formula is C12H18F3IN4. The number of alkyl halides is 3. The first-order chi connectivity index (χ1) is 9.01. The molecule has 0 amide bonds. The molecule has 0 unspecified atom stereocenters. The summed E-state index contributed by atoms with van der Waals surface area (Å²) in [4.78, 5) is 7.99. The molecule has 0 bridgehead atoms. The molecule has 0 fully saturated rings. The van der Waals surface area contributed by atoms with Gasteiger partial charge in [0.25, 0.3) is 0 Å². The maximum atomic E-state index is 12.0. The summed E-state index contributed by atoms with van der Waals surface area (Å²) in [6.45, 7) is 0.371. The summed E-state index contributed by atoms with van der Waals surface area (Å²) in [6.07, 6.45) is -2.65. The quantitative estimate of drug-likeness (QED) is 0.452. The molecule has 2 N–H and O–H groups in total. The van der Waals surface area contributed by atoms with Crippen LogP contribution in [0, 0.1) is 0 Å². The first-order valence-electron chi connectivity index (χ1n) is 5.92. The number of hydrogen-bond acceptors (Lipinski definition) is 2. The first kappa shape index (κ1) is 18.9. The van der Waals surface area contributed by atoms with E-state index in [1.165, 1.54) is 7.05 Å². The highest BCUT2D eigenvalue weighted by Crippen LogP contribution is 2.17. The van der Waals surface area contributed by atoms with Gasteiger partial charge in [0.15, 0.2) is 5.96 Å². The second-order valence-electron chi connectivity index (χ2n) is 3.86. The molecule has 1 aromatic rings. The number of nitrogens with zero attached hydrogens (tertiary/aromatic N) is 2. The molecule has 4 nitrogen and oxygen atoms in total. The normalized spacial score (nSPS) is 11.7. The van der Waals surface area contributed by atoms with Crippen molar-refractivity contribution in [3.63, 3.8) is 0 Å². The summed E-state index contributed by atoms with van der Waals surface area (Å²) in [7, 11) is 1.52. The van der Waals surface area contributed by atoms with Gasteiger partial charge in [0.2, 0.25) is 0 Å². The van der Waals surface area contributed by atoms with Crippen molar-refractivity contribution < 1.29 is 13.2 Å². The number of aliphatic imine (C=N–C) groups is 1. The summed E-state index contributed by atoms with van der Waals surface area (Å²) in [5, 5.41) is 5.55. The summed E-state index contributed by atoms with van der Waals surface area (Å²) in [5.74, 6) is 0.361. The SMILES string of the molecule is CN=C(NCCc1ccccn1)NCCC(F)(F)F.I. The molecule has 114 valence electrons. The van der Waals surface area contributed by atoms with Gasteiger partial charge < -0.3 is 10.6 Å². The van der Waals surface area contributed by atoms with Crippen LogP contribution in [-0.2, 0) is 6.42 Å².